The number of nitrogens with zero attached hydrogens (tertiary/aromatic N) is 2. The van der Waals surface area contributed by atoms with Gasteiger partial charge >= 0.3 is 0 Å². The molecule has 0 atom stereocenters. The van der Waals surface area contributed by atoms with Crippen LogP contribution in [-0.4, -0.2) is 24.2 Å². The lowest BCUT2D eigenvalue weighted by Gasteiger charge is -2.13. The predicted octanol–water partition coefficient (Wildman–Crippen LogP) is 2.75. The SMILES string of the molecule is COc1ccc(CNCc2cnc(C)cn2)c(Cl)c1OC. The Kier molecular flexibility index (Phi) is 5.36. The molecule has 0 spiro atoms. The van der Waals surface area contributed by atoms with Crippen LogP contribution in [0.3, 0.4) is 0 Å². The van der Waals surface area contributed by atoms with Crippen molar-refractivity contribution in [2.75, 3.05) is 14.2 Å². The summed E-state index contributed by atoms with van der Waals surface area (Å²) in [5.74, 6) is 1.17. The molecule has 2 rings (SSSR count). The minimum absolute atomic E-state index is 0.550. The Labute approximate surface area is 129 Å². The largest absolute Gasteiger partial charge is 0.493 e. The van der Waals surface area contributed by atoms with Crippen molar-refractivity contribution in [2.45, 2.75) is 20.0 Å². The van der Waals surface area contributed by atoms with E-state index in [4.69, 9.17) is 21.1 Å². The van der Waals surface area contributed by atoms with Gasteiger partial charge in [-0.1, -0.05) is 17.7 Å². The zero-order valence-corrected chi connectivity index (χ0v) is 13.1. The second kappa shape index (κ2) is 7.24. The van der Waals surface area contributed by atoms with Crippen LogP contribution in [-0.2, 0) is 13.1 Å². The van der Waals surface area contributed by atoms with Crippen LogP contribution >= 0.6 is 11.6 Å². The van der Waals surface area contributed by atoms with Crippen LogP contribution in [0.1, 0.15) is 17.0 Å². The van der Waals surface area contributed by atoms with Gasteiger partial charge in [-0.05, 0) is 18.6 Å². The maximum absolute atomic E-state index is 6.32. The molecule has 0 bridgehead atoms. The van der Waals surface area contributed by atoms with E-state index in [9.17, 15) is 0 Å². The average Bonchev–Trinajstić information content (AvgIpc) is 2.50. The Morgan fingerprint density at radius 3 is 2.52 bits per heavy atom. The van der Waals surface area contributed by atoms with E-state index in [1.54, 1.807) is 26.6 Å². The van der Waals surface area contributed by atoms with Gasteiger partial charge in [-0.15, -0.1) is 0 Å². The fraction of sp³-hybridized carbons (Fsp3) is 0.333. The van der Waals surface area contributed by atoms with Gasteiger partial charge < -0.3 is 14.8 Å². The first-order valence-corrected chi connectivity index (χ1v) is 6.91. The molecule has 2 aromatic rings. The van der Waals surface area contributed by atoms with Crippen molar-refractivity contribution in [3.63, 3.8) is 0 Å². The molecule has 5 nitrogen and oxygen atoms in total. The summed E-state index contributed by atoms with van der Waals surface area (Å²) in [5, 5.41) is 3.84. The van der Waals surface area contributed by atoms with E-state index >= 15 is 0 Å². The number of hydrogen-bond acceptors (Lipinski definition) is 5. The molecule has 112 valence electrons. The maximum Gasteiger partial charge on any atom is 0.179 e. The minimum Gasteiger partial charge on any atom is -0.493 e. The summed E-state index contributed by atoms with van der Waals surface area (Å²) in [4.78, 5) is 8.50. The smallest absolute Gasteiger partial charge is 0.179 e. The quantitative estimate of drug-likeness (QED) is 0.889. The van der Waals surface area contributed by atoms with E-state index in [2.05, 4.69) is 15.3 Å². The van der Waals surface area contributed by atoms with Crippen molar-refractivity contribution in [1.82, 2.24) is 15.3 Å². The van der Waals surface area contributed by atoms with Gasteiger partial charge in [0.05, 0.1) is 30.6 Å². The molecule has 0 aliphatic carbocycles. The first kappa shape index (κ1) is 15.5. The summed E-state index contributed by atoms with van der Waals surface area (Å²) in [7, 11) is 3.16. The Morgan fingerprint density at radius 1 is 1.10 bits per heavy atom. The van der Waals surface area contributed by atoms with Crippen LogP contribution in [0.15, 0.2) is 24.5 Å². The monoisotopic (exact) mass is 307 g/mol. The first-order chi connectivity index (χ1) is 10.2. The second-order valence-electron chi connectivity index (χ2n) is 4.53. The molecule has 0 aliphatic rings. The molecule has 0 fully saturated rings. The van der Waals surface area contributed by atoms with Gasteiger partial charge in [-0.2, -0.15) is 0 Å². The Hall–Kier alpha value is -1.85. The maximum atomic E-state index is 6.32. The van der Waals surface area contributed by atoms with E-state index in [0.717, 1.165) is 17.0 Å². The van der Waals surface area contributed by atoms with E-state index < -0.39 is 0 Å². The molecule has 1 heterocycles. The van der Waals surface area contributed by atoms with Crippen LogP contribution in [0.2, 0.25) is 5.02 Å². The van der Waals surface area contributed by atoms with Crippen LogP contribution in [0.4, 0.5) is 0 Å². The number of benzene rings is 1. The lowest BCUT2D eigenvalue weighted by Crippen LogP contribution is -2.14. The van der Waals surface area contributed by atoms with Crippen LogP contribution in [0.25, 0.3) is 0 Å². The van der Waals surface area contributed by atoms with E-state index in [1.807, 2.05) is 19.1 Å². The summed E-state index contributed by atoms with van der Waals surface area (Å²) in [6, 6.07) is 3.75. The lowest BCUT2D eigenvalue weighted by atomic mass is 10.2. The van der Waals surface area contributed by atoms with Gasteiger partial charge in [0, 0.05) is 25.5 Å². The standard InChI is InChI=1S/C15H18ClN3O2/c1-10-6-19-12(9-18-10)8-17-7-11-4-5-13(20-2)15(21-3)14(11)16/h4-6,9,17H,7-8H2,1-3H3. The Bertz CT molecular complexity index is 603. The van der Waals surface area contributed by atoms with Crippen molar-refractivity contribution in [3.8, 4) is 11.5 Å². The van der Waals surface area contributed by atoms with Gasteiger partial charge in [-0.3, -0.25) is 9.97 Å². The first-order valence-electron chi connectivity index (χ1n) is 6.53. The molecular weight excluding hydrogens is 290 g/mol. The summed E-state index contributed by atoms with van der Waals surface area (Å²) in [5.41, 5.74) is 2.73. The fourth-order valence-corrected chi connectivity index (χ4v) is 2.20. The molecule has 1 aromatic carbocycles. The highest BCUT2D eigenvalue weighted by Gasteiger charge is 2.12. The molecule has 0 amide bonds. The molecule has 0 radical (unpaired) electrons. The van der Waals surface area contributed by atoms with Crippen molar-refractivity contribution >= 4 is 11.6 Å². The van der Waals surface area contributed by atoms with Gasteiger partial charge in [-0.25, -0.2) is 0 Å². The number of ether oxygens (including phenoxy) is 2. The molecule has 0 aliphatic heterocycles. The lowest BCUT2D eigenvalue weighted by molar-refractivity contribution is 0.354. The van der Waals surface area contributed by atoms with Crippen molar-refractivity contribution < 1.29 is 9.47 Å². The minimum atomic E-state index is 0.550. The topological polar surface area (TPSA) is 56.3 Å². The highest BCUT2D eigenvalue weighted by atomic mass is 35.5. The summed E-state index contributed by atoms with van der Waals surface area (Å²) in [6.07, 6.45) is 3.51. The van der Waals surface area contributed by atoms with Gasteiger partial charge in [0.15, 0.2) is 11.5 Å². The number of aromatic nitrogens is 2. The van der Waals surface area contributed by atoms with Crippen LogP contribution in [0, 0.1) is 6.92 Å². The van der Waals surface area contributed by atoms with Crippen molar-refractivity contribution in [1.29, 1.82) is 0 Å². The highest BCUT2D eigenvalue weighted by Crippen LogP contribution is 2.37. The van der Waals surface area contributed by atoms with E-state index in [-0.39, 0.29) is 0 Å². The van der Waals surface area contributed by atoms with Crippen LogP contribution in [0.5, 0.6) is 11.5 Å². The molecule has 0 saturated heterocycles. The number of nitrogens with one attached hydrogen (secondary N) is 1. The third kappa shape index (κ3) is 3.83. The second-order valence-corrected chi connectivity index (χ2v) is 4.90. The molecule has 0 saturated carbocycles. The Morgan fingerprint density at radius 2 is 1.90 bits per heavy atom. The molecule has 6 heteroatoms. The number of aryl methyl sites for hydroxylation is 1. The van der Waals surface area contributed by atoms with Crippen molar-refractivity contribution in [2.24, 2.45) is 0 Å². The third-order valence-corrected chi connectivity index (χ3v) is 3.44. The fourth-order valence-electron chi connectivity index (χ4n) is 1.90. The van der Waals surface area contributed by atoms with Gasteiger partial charge in [0.2, 0.25) is 0 Å². The molecular formula is C15H18ClN3O2. The number of hydrogen-bond donors (Lipinski definition) is 1. The van der Waals surface area contributed by atoms with E-state index in [0.29, 0.717) is 29.6 Å². The van der Waals surface area contributed by atoms with Crippen LogP contribution < -0.4 is 14.8 Å². The zero-order valence-electron chi connectivity index (χ0n) is 12.3. The highest BCUT2D eigenvalue weighted by molar-refractivity contribution is 6.33. The summed E-state index contributed by atoms with van der Waals surface area (Å²) in [6.45, 7) is 3.14. The number of methoxy groups -OCH3 is 2. The van der Waals surface area contributed by atoms with Gasteiger partial charge in [0.25, 0.3) is 0 Å². The number of halogens is 1. The molecule has 1 N–H and O–H groups in total. The predicted molar refractivity (Wildman–Crippen MR) is 81.9 cm³/mol. The number of rotatable bonds is 6. The van der Waals surface area contributed by atoms with E-state index in [1.165, 1.54) is 0 Å². The summed E-state index contributed by atoms with van der Waals surface area (Å²) >= 11 is 6.32. The van der Waals surface area contributed by atoms with Crippen molar-refractivity contribution in [3.05, 3.63) is 46.5 Å². The molecule has 21 heavy (non-hydrogen) atoms. The summed E-state index contributed by atoms with van der Waals surface area (Å²) < 4.78 is 10.5. The normalized spacial score (nSPS) is 10.5. The average molecular weight is 308 g/mol. The molecule has 0 unspecified atom stereocenters. The van der Waals surface area contributed by atoms with Gasteiger partial charge in [0.1, 0.15) is 0 Å². The Balaban J connectivity index is 2.01. The molecule has 1 aromatic heterocycles. The zero-order chi connectivity index (χ0) is 15.2. The third-order valence-electron chi connectivity index (χ3n) is 3.02.